The standard InChI is InChI=1S/C7H4BrClN2.ClH/c8-6-3-5(9)4-11-2-1-10-7(6)11;/h1-4H;1H. The number of imidazole rings is 1. The number of aromatic nitrogens is 2. The molecule has 2 rings (SSSR count). The largest absolute Gasteiger partial charge is 0.305 e. The van der Waals surface area contributed by atoms with Gasteiger partial charge in [-0.05, 0) is 22.0 Å². The molecular weight excluding hydrogens is 263 g/mol. The van der Waals surface area contributed by atoms with Crippen molar-refractivity contribution in [2.24, 2.45) is 0 Å². The third-order valence-electron chi connectivity index (χ3n) is 1.41. The molecule has 0 aromatic carbocycles. The number of pyridine rings is 1. The van der Waals surface area contributed by atoms with Gasteiger partial charge in [0.1, 0.15) is 0 Å². The Labute approximate surface area is 89.1 Å². The van der Waals surface area contributed by atoms with E-state index in [0.717, 1.165) is 10.1 Å². The van der Waals surface area contributed by atoms with Gasteiger partial charge in [0.2, 0.25) is 0 Å². The second kappa shape index (κ2) is 3.64. The van der Waals surface area contributed by atoms with Crippen LogP contribution >= 0.6 is 39.9 Å². The molecule has 12 heavy (non-hydrogen) atoms. The summed E-state index contributed by atoms with van der Waals surface area (Å²) in [6, 6.07) is 1.82. The third-order valence-corrected chi connectivity index (χ3v) is 2.20. The molecule has 0 radical (unpaired) electrons. The van der Waals surface area contributed by atoms with Crippen molar-refractivity contribution in [3.05, 3.63) is 34.2 Å². The van der Waals surface area contributed by atoms with Gasteiger partial charge in [-0.1, -0.05) is 11.6 Å². The molecule has 0 aliphatic heterocycles. The van der Waals surface area contributed by atoms with E-state index in [1.807, 2.05) is 22.9 Å². The maximum absolute atomic E-state index is 5.80. The Morgan fingerprint density at radius 1 is 1.50 bits per heavy atom. The molecule has 0 N–H and O–H groups in total. The average molecular weight is 268 g/mol. The molecular formula is C7H5BrCl2N2. The molecule has 0 saturated heterocycles. The summed E-state index contributed by atoms with van der Waals surface area (Å²) in [5, 5.41) is 0.697. The summed E-state index contributed by atoms with van der Waals surface area (Å²) in [5.41, 5.74) is 0.884. The Kier molecular flexibility index (Phi) is 2.99. The lowest BCUT2D eigenvalue weighted by Crippen LogP contribution is -1.83. The highest BCUT2D eigenvalue weighted by atomic mass is 79.9. The van der Waals surface area contributed by atoms with E-state index < -0.39 is 0 Å². The fourth-order valence-electron chi connectivity index (χ4n) is 0.958. The van der Waals surface area contributed by atoms with Crippen LogP contribution in [0.4, 0.5) is 0 Å². The first-order chi connectivity index (χ1) is 5.27. The summed E-state index contributed by atoms with van der Waals surface area (Å²) < 4.78 is 2.78. The maximum Gasteiger partial charge on any atom is 0.151 e. The zero-order valence-corrected chi connectivity index (χ0v) is 9.03. The zero-order valence-electron chi connectivity index (χ0n) is 5.87. The van der Waals surface area contributed by atoms with Gasteiger partial charge >= 0.3 is 0 Å². The smallest absolute Gasteiger partial charge is 0.151 e. The van der Waals surface area contributed by atoms with Crippen molar-refractivity contribution in [1.82, 2.24) is 9.38 Å². The van der Waals surface area contributed by atoms with Crippen LogP contribution < -0.4 is 0 Å². The van der Waals surface area contributed by atoms with Crippen molar-refractivity contribution in [2.45, 2.75) is 0 Å². The predicted molar refractivity (Wildman–Crippen MR) is 55.2 cm³/mol. The predicted octanol–water partition coefficient (Wildman–Crippen LogP) is 3.17. The molecule has 2 nitrogen and oxygen atoms in total. The fourth-order valence-corrected chi connectivity index (χ4v) is 1.86. The van der Waals surface area contributed by atoms with E-state index >= 15 is 0 Å². The lowest BCUT2D eigenvalue weighted by atomic mass is 10.5. The fraction of sp³-hybridized carbons (Fsp3) is 0. The van der Waals surface area contributed by atoms with Crippen LogP contribution in [-0.2, 0) is 0 Å². The summed E-state index contributed by atoms with van der Waals surface area (Å²) in [7, 11) is 0. The molecule has 0 aliphatic carbocycles. The molecule has 0 saturated carbocycles. The van der Waals surface area contributed by atoms with Crippen molar-refractivity contribution in [2.75, 3.05) is 0 Å². The van der Waals surface area contributed by atoms with Crippen molar-refractivity contribution < 1.29 is 0 Å². The Bertz CT molecular complexity index is 399. The monoisotopic (exact) mass is 266 g/mol. The third kappa shape index (κ3) is 1.58. The van der Waals surface area contributed by atoms with E-state index in [9.17, 15) is 0 Å². The maximum atomic E-state index is 5.80. The Morgan fingerprint density at radius 3 is 3.00 bits per heavy atom. The molecule has 0 fully saturated rings. The molecule has 0 atom stereocenters. The van der Waals surface area contributed by atoms with E-state index in [-0.39, 0.29) is 12.4 Å². The Hall–Kier alpha value is -0.250. The molecule has 0 spiro atoms. The number of rotatable bonds is 0. The van der Waals surface area contributed by atoms with Gasteiger partial charge in [-0.25, -0.2) is 4.98 Å². The second-order valence-corrected chi connectivity index (χ2v) is 3.46. The summed E-state index contributed by atoms with van der Waals surface area (Å²) in [5.74, 6) is 0. The average Bonchev–Trinajstić information content (AvgIpc) is 2.34. The van der Waals surface area contributed by atoms with Gasteiger partial charge in [0.25, 0.3) is 0 Å². The van der Waals surface area contributed by atoms with Crippen LogP contribution in [0.25, 0.3) is 5.65 Å². The quantitative estimate of drug-likeness (QED) is 0.717. The van der Waals surface area contributed by atoms with E-state index in [1.165, 1.54) is 0 Å². The lowest BCUT2D eigenvalue weighted by molar-refractivity contribution is 1.18. The van der Waals surface area contributed by atoms with Crippen molar-refractivity contribution >= 4 is 45.6 Å². The van der Waals surface area contributed by atoms with Gasteiger partial charge in [-0.3, -0.25) is 0 Å². The number of halogens is 3. The highest BCUT2D eigenvalue weighted by Crippen LogP contribution is 2.20. The molecule has 5 heteroatoms. The lowest BCUT2D eigenvalue weighted by Gasteiger charge is -1.96. The van der Waals surface area contributed by atoms with Crippen LogP contribution in [-0.4, -0.2) is 9.38 Å². The summed E-state index contributed by atoms with van der Waals surface area (Å²) in [6.45, 7) is 0. The van der Waals surface area contributed by atoms with Crippen LogP contribution in [0.15, 0.2) is 29.1 Å². The normalized spacial score (nSPS) is 9.83. The first-order valence-corrected chi connectivity index (χ1v) is 4.22. The molecule has 0 bridgehead atoms. The minimum absolute atomic E-state index is 0. The van der Waals surface area contributed by atoms with Crippen molar-refractivity contribution in [1.29, 1.82) is 0 Å². The van der Waals surface area contributed by atoms with Gasteiger partial charge in [0.05, 0.1) is 9.50 Å². The first kappa shape index (κ1) is 9.84. The number of nitrogens with zero attached hydrogens (tertiary/aromatic N) is 2. The molecule has 2 aromatic rings. The topological polar surface area (TPSA) is 17.3 Å². The van der Waals surface area contributed by atoms with Crippen LogP contribution in [0.2, 0.25) is 5.02 Å². The molecule has 0 aliphatic rings. The SMILES string of the molecule is Cl.Clc1cc(Br)c2nccn2c1. The van der Waals surface area contributed by atoms with Gasteiger partial charge in [-0.15, -0.1) is 12.4 Å². The summed E-state index contributed by atoms with van der Waals surface area (Å²) in [6.07, 6.45) is 5.40. The van der Waals surface area contributed by atoms with E-state index in [1.54, 1.807) is 6.20 Å². The number of fused-ring (bicyclic) bond motifs is 1. The number of hydrogen-bond acceptors (Lipinski definition) is 1. The molecule has 0 amide bonds. The minimum Gasteiger partial charge on any atom is -0.305 e. The van der Waals surface area contributed by atoms with E-state index in [0.29, 0.717) is 5.02 Å². The first-order valence-electron chi connectivity index (χ1n) is 3.05. The van der Waals surface area contributed by atoms with Crippen molar-refractivity contribution in [3.63, 3.8) is 0 Å². The van der Waals surface area contributed by atoms with Crippen LogP contribution in [0.3, 0.4) is 0 Å². The Balaban J connectivity index is 0.000000720. The van der Waals surface area contributed by atoms with Gasteiger partial charge in [0, 0.05) is 18.6 Å². The van der Waals surface area contributed by atoms with Gasteiger partial charge in [0.15, 0.2) is 5.65 Å². The van der Waals surface area contributed by atoms with Crippen LogP contribution in [0.1, 0.15) is 0 Å². The highest BCUT2D eigenvalue weighted by molar-refractivity contribution is 9.10. The minimum atomic E-state index is 0. The van der Waals surface area contributed by atoms with Gasteiger partial charge in [-0.2, -0.15) is 0 Å². The summed E-state index contributed by atoms with van der Waals surface area (Å²) in [4.78, 5) is 4.12. The van der Waals surface area contributed by atoms with E-state index in [2.05, 4.69) is 20.9 Å². The highest BCUT2D eigenvalue weighted by Gasteiger charge is 1.99. The van der Waals surface area contributed by atoms with Crippen LogP contribution in [0, 0.1) is 0 Å². The van der Waals surface area contributed by atoms with Gasteiger partial charge < -0.3 is 4.40 Å². The molecule has 2 heterocycles. The van der Waals surface area contributed by atoms with Crippen LogP contribution in [0.5, 0.6) is 0 Å². The Morgan fingerprint density at radius 2 is 2.25 bits per heavy atom. The molecule has 64 valence electrons. The summed E-state index contributed by atoms with van der Waals surface area (Å²) >= 11 is 9.16. The van der Waals surface area contributed by atoms with Crippen molar-refractivity contribution in [3.8, 4) is 0 Å². The number of hydrogen-bond donors (Lipinski definition) is 0. The zero-order chi connectivity index (χ0) is 7.84. The second-order valence-electron chi connectivity index (χ2n) is 2.16. The van der Waals surface area contributed by atoms with E-state index in [4.69, 9.17) is 11.6 Å². The molecule has 0 unspecified atom stereocenters. The molecule has 2 aromatic heterocycles.